The number of carbonyl (C=O) groups excluding carboxylic acids is 2. The molecule has 0 radical (unpaired) electrons. The molecule has 5 nitrogen and oxygen atoms in total. The van der Waals surface area contributed by atoms with Gasteiger partial charge in [-0.1, -0.05) is 24.4 Å². The van der Waals surface area contributed by atoms with E-state index in [-0.39, 0.29) is 16.8 Å². The second-order valence-electron chi connectivity index (χ2n) is 6.30. The number of halogens is 2. The van der Waals surface area contributed by atoms with Gasteiger partial charge >= 0.3 is 0 Å². The number of nitrogens with one attached hydrogen (secondary N) is 1. The number of rotatable bonds is 3. The molecular weight excluding hydrogens is 333 g/mol. The summed E-state index contributed by atoms with van der Waals surface area (Å²) in [6, 6.07) is 5.62. The summed E-state index contributed by atoms with van der Waals surface area (Å²) in [7, 11) is 0. The lowest BCUT2D eigenvalue weighted by molar-refractivity contribution is -0.131. The van der Waals surface area contributed by atoms with Crippen LogP contribution in [0.4, 0.5) is 10.1 Å². The van der Waals surface area contributed by atoms with E-state index in [1.807, 2.05) is 0 Å². The predicted octanol–water partition coefficient (Wildman–Crippen LogP) is 2.78. The van der Waals surface area contributed by atoms with E-state index < -0.39 is 17.3 Å². The third-order valence-corrected chi connectivity index (χ3v) is 5.14. The molecule has 1 aliphatic heterocycles. The first-order valence-electron chi connectivity index (χ1n) is 7.95. The molecule has 1 aromatic rings. The van der Waals surface area contributed by atoms with Gasteiger partial charge < -0.3 is 10.2 Å². The summed E-state index contributed by atoms with van der Waals surface area (Å²) >= 11 is 5.66. The van der Waals surface area contributed by atoms with Crippen LogP contribution < -0.4 is 10.2 Å². The summed E-state index contributed by atoms with van der Waals surface area (Å²) in [6.07, 6.45) is 3.17. The van der Waals surface area contributed by atoms with Crippen LogP contribution in [-0.2, 0) is 9.59 Å². The first-order valence-corrected chi connectivity index (χ1v) is 8.33. The Kier molecular flexibility index (Phi) is 4.46. The number of carbonyl (C=O) groups is 2. The lowest BCUT2D eigenvalue weighted by Crippen LogP contribution is -2.47. The van der Waals surface area contributed by atoms with Crippen molar-refractivity contribution in [2.24, 2.45) is 5.41 Å². The van der Waals surface area contributed by atoms with Crippen LogP contribution in [0.3, 0.4) is 0 Å². The third-order valence-electron chi connectivity index (χ3n) is 4.83. The summed E-state index contributed by atoms with van der Waals surface area (Å²) in [6.45, 7) is 0.379. The van der Waals surface area contributed by atoms with Crippen molar-refractivity contribution in [3.05, 3.63) is 29.0 Å². The van der Waals surface area contributed by atoms with Gasteiger partial charge in [-0.15, -0.1) is 0 Å². The minimum Gasteiger partial charge on any atom is -0.343 e. The standard InChI is InChI=1S/C17H17ClFN3O2/c18-12-4-3-11(9-13(12)19)22-8-5-14(15(22)23)21-16(24)17(10-20)6-1-2-7-17/h3-4,9,14H,1-2,5-8H2,(H,21,24). The largest absolute Gasteiger partial charge is 0.343 e. The Labute approximate surface area is 144 Å². The molecule has 1 unspecified atom stereocenters. The highest BCUT2D eigenvalue weighted by molar-refractivity contribution is 6.30. The molecule has 1 heterocycles. The first kappa shape index (κ1) is 16.7. The Morgan fingerprint density at radius 3 is 2.75 bits per heavy atom. The van der Waals surface area contributed by atoms with Crippen molar-refractivity contribution in [2.45, 2.75) is 38.1 Å². The van der Waals surface area contributed by atoms with Gasteiger partial charge in [0, 0.05) is 12.2 Å². The summed E-state index contributed by atoms with van der Waals surface area (Å²) in [5, 5.41) is 12.1. The van der Waals surface area contributed by atoms with Crippen LogP contribution in [0.25, 0.3) is 0 Å². The van der Waals surface area contributed by atoms with Crippen LogP contribution >= 0.6 is 11.6 Å². The molecular formula is C17H17ClFN3O2. The summed E-state index contributed by atoms with van der Waals surface area (Å²) in [5.74, 6) is -1.26. The van der Waals surface area contributed by atoms with Gasteiger partial charge in [-0.05, 0) is 37.5 Å². The zero-order valence-electron chi connectivity index (χ0n) is 13.0. The number of anilines is 1. The average molecular weight is 350 g/mol. The molecule has 24 heavy (non-hydrogen) atoms. The Hall–Kier alpha value is -2.13. The highest BCUT2D eigenvalue weighted by atomic mass is 35.5. The van der Waals surface area contributed by atoms with Gasteiger partial charge in [-0.25, -0.2) is 4.39 Å². The summed E-state index contributed by atoms with van der Waals surface area (Å²) in [5.41, 5.74) is -0.602. The van der Waals surface area contributed by atoms with E-state index in [9.17, 15) is 19.2 Å². The van der Waals surface area contributed by atoms with Crippen molar-refractivity contribution in [1.82, 2.24) is 5.32 Å². The second kappa shape index (κ2) is 6.40. The SMILES string of the molecule is N#CC1(C(=O)NC2CCN(c3ccc(Cl)c(F)c3)C2=O)CCCC1. The van der Waals surface area contributed by atoms with Gasteiger partial charge in [0.15, 0.2) is 0 Å². The van der Waals surface area contributed by atoms with Crippen LogP contribution in [0.1, 0.15) is 32.1 Å². The van der Waals surface area contributed by atoms with E-state index in [1.54, 1.807) is 6.07 Å². The van der Waals surface area contributed by atoms with Gasteiger partial charge in [-0.3, -0.25) is 9.59 Å². The molecule has 0 aromatic heterocycles. The van der Waals surface area contributed by atoms with Crippen LogP contribution in [0.5, 0.6) is 0 Å². The summed E-state index contributed by atoms with van der Waals surface area (Å²) < 4.78 is 13.6. The topological polar surface area (TPSA) is 73.2 Å². The van der Waals surface area contributed by atoms with Crippen LogP contribution in [-0.4, -0.2) is 24.4 Å². The van der Waals surface area contributed by atoms with E-state index in [0.717, 1.165) is 12.8 Å². The maximum Gasteiger partial charge on any atom is 0.249 e. The predicted molar refractivity (Wildman–Crippen MR) is 86.8 cm³/mol. The Bertz CT molecular complexity index is 725. The van der Waals surface area contributed by atoms with E-state index in [2.05, 4.69) is 11.4 Å². The van der Waals surface area contributed by atoms with Gasteiger partial charge in [0.2, 0.25) is 11.8 Å². The fourth-order valence-electron chi connectivity index (χ4n) is 3.39. The maximum atomic E-state index is 13.6. The lowest BCUT2D eigenvalue weighted by Gasteiger charge is -2.22. The monoisotopic (exact) mass is 349 g/mol. The zero-order chi connectivity index (χ0) is 17.3. The van der Waals surface area contributed by atoms with Crippen molar-refractivity contribution < 1.29 is 14.0 Å². The highest BCUT2D eigenvalue weighted by Crippen LogP contribution is 2.38. The molecule has 2 aliphatic rings. The number of hydrogen-bond acceptors (Lipinski definition) is 3. The van der Waals surface area contributed by atoms with Crippen LogP contribution in [0.15, 0.2) is 18.2 Å². The number of benzene rings is 1. The highest BCUT2D eigenvalue weighted by Gasteiger charge is 2.44. The van der Waals surface area contributed by atoms with Crippen molar-refractivity contribution in [3.63, 3.8) is 0 Å². The van der Waals surface area contributed by atoms with Crippen molar-refractivity contribution in [3.8, 4) is 6.07 Å². The van der Waals surface area contributed by atoms with Gasteiger partial charge in [0.05, 0.1) is 11.1 Å². The molecule has 2 amide bonds. The van der Waals surface area contributed by atoms with Gasteiger partial charge in [-0.2, -0.15) is 5.26 Å². The smallest absolute Gasteiger partial charge is 0.249 e. The molecule has 1 aliphatic carbocycles. The molecule has 1 saturated carbocycles. The molecule has 0 spiro atoms. The molecule has 3 rings (SSSR count). The van der Waals surface area contributed by atoms with Crippen LogP contribution in [0, 0.1) is 22.6 Å². The van der Waals surface area contributed by atoms with E-state index in [0.29, 0.717) is 31.5 Å². The minimum atomic E-state index is -1.01. The molecule has 1 saturated heterocycles. The Morgan fingerprint density at radius 1 is 1.42 bits per heavy atom. The third kappa shape index (κ3) is 2.84. The minimum absolute atomic E-state index is 0.00700. The first-order chi connectivity index (χ1) is 11.5. The lowest BCUT2D eigenvalue weighted by atomic mass is 9.86. The Balaban J connectivity index is 1.71. The van der Waals surface area contributed by atoms with Crippen LogP contribution in [0.2, 0.25) is 5.02 Å². The Morgan fingerprint density at radius 2 is 2.12 bits per heavy atom. The number of hydrogen-bond donors (Lipinski definition) is 1. The normalized spacial score (nSPS) is 22.5. The molecule has 2 fully saturated rings. The molecule has 126 valence electrons. The molecule has 7 heteroatoms. The quantitative estimate of drug-likeness (QED) is 0.911. The summed E-state index contributed by atoms with van der Waals surface area (Å²) in [4.78, 5) is 26.4. The fraction of sp³-hybridized carbons (Fsp3) is 0.471. The van der Waals surface area contributed by atoms with Gasteiger partial charge in [0.25, 0.3) is 0 Å². The van der Waals surface area contributed by atoms with E-state index in [1.165, 1.54) is 17.0 Å². The van der Waals surface area contributed by atoms with Gasteiger partial charge in [0.1, 0.15) is 17.3 Å². The zero-order valence-corrected chi connectivity index (χ0v) is 13.8. The fourth-order valence-corrected chi connectivity index (χ4v) is 3.51. The average Bonchev–Trinajstić information content (AvgIpc) is 3.19. The molecule has 1 atom stereocenters. The maximum absolute atomic E-state index is 13.6. The number of nitrogens with zero attached hydrogens (tertiary/aromatic N) is 2. The van der Waals surface area contributed by atoms with Crippen molar-refractivity contribution >= 4 is 29.1 Å². The van der Waals surface area contributed by atoms with E-state index in [4.69, 9.17) is 11.6 Å². The van der Waals surface area contributed by atoms with Crippen molar-refractivity contribution in [2.75, 3.05) is 11.4 Å². The number of amides is 2. The molecule has 1 aromatic carbocycles. The molecule has 0 bridgehead atoms. The van der Waals surface area contributed by atoms with E-state index >= 15 is 0 Å². The second-order valence-corrected chi connectivity index (χ2v) is 6.71. The molecule has 1 N–H and O–H groups in total. The van der Waals surface area contributed by atoms with Crippen molar-refractivity contribution in [1.29, 1.82) is 5.26 Å². The number of nitriles is 1.